The predicted octanol–water partition coefficient (Wildman–Crippen LogP) is -0.738. The molecule has 0 aliphatic rings. The predicted molar refractivity (Wildman–Crippen MR) is 232 cm³/mol. The molecule has 0 unspecified atom stereocenters. The number of carbonyl (C=O) groups is 5. The van der Waals surface area contributed by atoms with Crippen LogP contribution in [0.4, 0.5) is 9.59 Å². The van der Waals surface area contributed by atoms with Crippen molar-refractivity contribution in [3.8, 4) is 0 Å². The van der Waals surface area contributed by atoms with Crippen molar-refractivity contribution in [2.75, 3.05) is 204 Å². The van der Waals surface area contributed by atoms with E-state index in [-0.39, 0.29) is 103 Å². The van der Waals surface area contributed by atoms with Gasteiger partial charge in [0.25, 0.3) is 0 Å². The Morgan fingerprint density at radius 3 is 0.985 bits per heavy atom. The Hall–Kier alpha value is -4.22. The number of carbonyl (C=O) groups excluding carboxylic acids is 3. The van der Waals surface area contributed by atoms with Crippen molar-refractivity contribution >= 4 is 29.9 Å². The zero-order valence-corrected chi connectivity index (χ0v) is 38.2. The zero-order valence-electron chi connectivity index (χ0n) is 38.2. The summed E-state index contributed by atoms with van der Waals surface area (Å²) in [5, 5.41) is 29.8. The molecule has 27 nitrogen and oxygen atoms in total. The van der Waals surface area contributed by atoms with Crippen molar-refractivity contribution in [2.24, 2.45) is 5.11 Å². The third-order valence-electron chi connectivity index (χ3n) is 7.96. The molecule has 27 heteroatoms. The highest BCUT2D eigenvalue weighted by Crippen LogP contribution is 1.98. The van der Waals surface area contributed by atoms with Crippen molar-refractivity contribution in [2.45, 2.75) is 19.3 Å². The van der Waals surface area contributed by atoms with Crippen LogP contribution in [0.25, 0.3) is 10.4 Å². The number of ether oxygens (including phenoxy) is 12. The topological polar surface area (TPSA) is 337 Å². The minimum Gasteiger partial charge on any atom is -0.465 e. The van der Waals surface area contributed by atoms with Crippen molar-refractivity contribution < 1.29 is 91.0 Å². The summed E-state index contributed by atoms with van der Waals surface area (Å²) in [6.45, 7) is 9.40. The molecular formula is C39H74N8O19. The Bertz CT molecular complexity index is 1180. The van der Waals surface area contributed by atoms with E-state index in [1.807, 2.05) is 0 Å². The first-order valence-electron chi connectivity index (χ1n) is 21.9. The fraction of sp³-hybridized carbons (Fsp3) is 0.872. The number of azide groups is 1. The van der Waals surface area contributed by atoms with Crippen molar-refractivity contribution in [3.05, 3.63) is 10.4 Å². The van der Waals surface area contributed by atoms with Gasteiger partial charge in [-0.25, -0.2) is 9.59 Å². The van der Waals surface area contributed by atoms with Crippen LogP contribution in [0.15, 0.2) is 5.11 Å². The summed E-state index contributed by atoms with van der Waals surface area (Å²) in [7, 11) is 0. The summed E-state index contributed by atoms with van der Waals surface area (Å²) in [4.78, 5) is 61.4. The van der Waals surface area contributed by atoms with Gasteiger partial charge < -0.3 is 93.2 Å². The highest BCUT2D eigenvalue weighted by molar-refractivity contribution is 5.77. The largest absolute Gasteiger partial charge is 0.465 e. The van der Waals surface area contributed by atoms with Gasteiger partial charge in [0, 0.05) is 63.6 Å². The second-order valence-corrected chi connectivity index (χ2v) is 13.1. The molecule has 6 N–H and O–H groups in total. The van der Waals surface area contributed by atoms with Crippen LogP contribution in [0.5, 0.6) is 0 Å². The number of nitrogens with zero attached hydrogens (tertiary/aromatic N) is 4. The molecule has 5 amide bonds. The van der Waals surface area contributed by atoms with E-state index in [4.69, 9.17) is 72.6 Å². The fourth-order valence-electron chi connectivity index (χ4n) is 4.71. The van der Waals surface area contributed by atoms with E-state index in [2.05, 4.69) is 31.3 Å². The first-order valence-corrected chi connectivity index (χ1v) is 21.9. The zero-order chi connectivity index (χ0) is 48.2. The summed E-state index contributed by atoms with van der Waals surface area (Å²) >= 11 is 0. The molecule has 0 aromatic heterocycles. The number of carboxylic acid groups (broad SMARTS) is 2. The molecule has 0 aliphatic heterocycles. The molecule has 0 spiro atoms. The number of nitrogens with one attached hydrogen (secondary N) is 4. The van der Waals surface area contributed by atoms with Gasteiger partial charge in [0.2, 0.25) is 17.7 Å². The summed E-state index contributed by atoms with van der Waals surface area (Å²) in [5.41, 5.74) is 8.23. The number of rotatable bonds is 51. The van der Waals surface area contributed by atoms with E-state index in [1.165, 1.54) is 0 Å². The Balaban J connectivity index is 4.17. The molecule has 0 saturated carbocycles. The average molecular weight is 959 g/mol. The Morgan fingerprint density at radius 1 is 0.394 bits per heavy atom. The fourth-order valence-corrected chi connectivity index (χ4v) is 4.71. The number of hydrogen-bond acceptors (Lipinski definition) is 18. The average Bonchev–Trinajstić information content (AvgIpc) is 3.29. The first-order chi connectivity index (χ1) is 32.3. The summed E-state index contributed by atoms with van der Waals surface area (Å²) < 4.78 is 65.8. The molecule has 0 saturated heterocycles. The molecule has 0 atom stereocenters. The second-order valence-electron chi connectivity index (χ2n) is 13.1. The maximum absolute atomic E-state index is 13.1. The third kappa shape index (κ3) is 49.2. The van der Waals surface area contributed by atoms with E-state index >= 15 is 0 Å². The molecule has 0 aromatic rings. The number of hydrogen-bond donors (Lipinski definition) is 6. The highest BCUT2D eigenvalue weighted by Gasteiger charge is 2.14. The Labute approximate surface area is 385 Å². The molecular weight excluding hydrogens is 884 g/mol. The van der Waals surface area contributed by atoms with Gasteiger partial charge in [-0.05, 0) is 5.53 Å². The van der Waals surface area contributed by atoms with Gasteiger partial charge in [-0.15, -0.1) is 0 Å². The standard InChI is InChI=1S/C39H74N8O19/c40-46-45-8-14-58-20-26-64-32-29-63-25-19-57-13-3-37(50)47(9-15-59-21-27-65-33-30-61-23-17-55-11-1-35(48)41-4-6-43-38(51)52)10-16-60-22-28-66-34-31-62-24-18-56-12-2-36(49)42-5-7-44-39(53)54/h43-44H,1-34H2,(H,41,48)(H,42,49)(H,51,52)(H,53,54). The van der Waals surface area contributed by atoms with Gasteiger partial charge in [-0.3, -0.25) is 14.4 Å². The van der Waals surface area contributed by atoms with Crippen molar-refractivity contribution in [1.29, 1.82) is 0 Å². The lowest BCUT2D eigenvalue weighted by atomic mass is 10.3. The quantitative estimate of drug-likeness (QED) is 0.0189. The molecule has 0 radical (unpaired) electrons. The molecule has 0 rings (SSSR count). The molecule has 0 fully saturated rings. The van der Waals surface area contributed by atoms with Crippen LogP contribution < -0.4 is 21.3 Å². The van der Waals surface area contributed by atoms with Gasteiger partial charge in [-0.1, -0.05) is 5.11 Å². The van der Waals surface area contributed by atoms with Gasteiger partial charge in [-0.2, -0.15) is 0 Å². The van der Waals surface area contributed by atoms with Crippen molar-refractivity contribution in [3.63, 3.8) is 0 Å². The summed E-state index contributed by atoms with van der Waals surface area (Å²) in [5.74, 6) is -0.587. The highest BCUT2D eigenvalue weighted by atomic mass is 16.6. The lowest BCUT2D eigenvalue weighted by molar-refractivity contribution is -0.134. The van der Waals surface area contributed by atoms with Gasteiger partial charge in [0.1, 0.15) is 0 Å². The number of amides is 5. The van der Waals surface area contributed by atoms with Crippen LogP contribution >= 0.6 is 0 Å². The van der Waals surface area contributed by atoms with Gasteiger partial charge >= 0.3 is 12.2 Å². The van der Waals surface area contributed by atoms with E-state index in [9.17, 15) is 24.0 Å². The molecule has 0 aliphatic carbocycles. The minimum atomic E-state index is -1.15. The van der Waals surface area contributed by atoms with E-state index in [0.717, 1.165) is 0 Å². The second kappa shape index (κ2) is 50.2. The third-order valence-corrected chi connectivity index (χ3v) is 7.96. The molecule has 0 heterocycles. The minimum absolute atomic E-state index is 0.115. The Kier molecular flexibility index (Phi) is 47.0. The Morgan fingerprint density at radius 2 is 0.667 bits per heavy atom. The first kappa shape index (κ1) is 61.8. The van der Waals surface area contributed by atoms with Crippen LogP contribution in [-0.4, -0.2) is 249 Å². The maximum atomic E-state index is 13.1. The molecule has 66 heavy (non-hydrogen) atoms. The SMILES string of the molecule is [N-]=[N+]=NCCOCCOCCOCCOCCC(=O)N(CCOCCOCCOCCOCCC(=O)NCCNC(=O)O)CCOCCOCCOCCOCCC(=O)NCCNC(=O)O. The van der Waals surface area contributed by atoms with Crippen LogP contribution in [0.2, 0.25) is 0 Å². The molecule has 384 valence electrons. The smallest absolute Gasteiger partial charge is 0.404 e. The van der Waals surface area contributed by atoms with E-state index in [0.29, 0.717) is 139 Å². The maximum Gasteiger partial charge on any atom is 0.404 e. The van der Waals surface area contributed by atoms with Crippen LogP contribution in [0, 0.1) is 0 Å². The van der Waals surface area contributed by atoms with E-state index in [1.54, 1.807) is 4.90 Å². The van der Waals surface area contributed by atoms with Crippen molar-refractivity contribution in [1.82, 2.24) is 26.2 Å². The normalized spacial score (nSPS) is 10.9. The lowest BCUT2D eigenvalue weighted by Crippen LogP contribution is -2.37. The summed E-state index contributed by atoms with van der Waals surface area (Å²) in [6, 6.07) is 0. The lowest BCUT2D eigenvalue weighted by Gasteiger charge is -2.23. The van der Waals surface area contributed by atoms with E-state index < -0.39 is 12.2 Å². The molecule has 0 aromatic carbocycles. The van der Waals surface area contributed by atoms with Gasteiger partial charge in [0.15, 0.2) is 0 Å². The molecule has 0 bridgehead atoms. The monoisotopic (exact) mass is 959 g/mol. The van der Waals surface area contributed by atoms with Gasteiger partial charge in [0.05, 0.1) is 165 Å². The summed E-state index contributed by atoms with van der Waals surface area (Å²) in [6.07, 6.45) is -1.82. The van der Waals surface area contributed by atoms with Crippen LogP contribution in [0.3, 0.4) is 0 Å². The van der Waals surface area contributed by atoms with Crippen LogP contribution in [-0.2, 0) is 71.2 Å². The van der Waals surface area contributed by atoms with Crippen LogP contribution in [0.1, 0.15) is 19.3 Å².